The van der Waals surface area contributed by atoms with E-state index in [0.29, 0.717) is 5.56 Å². The molecule has 0 saturated carbocycles. The average molecular weight is 365 g/mol. The predicted molar refractivity (Wildman–Crippen MR) is 106 cm³/mol. The van der Waals surface area contributed by atoms with Crippen LogP contribution in [0.4, 0.5) is 4.79 Å². The van der Waals surface area contributed by atoms with Crippen molar-refractivity contribution in [1.29, 1.82) is 0 Å². The maximum Gasteiger partial charge on any atom is 0.411 e. The number of nitrogens with zero attached hydrogens (tertiary/aromatic N) is 1. The maximum absolute atomic E-state index is 13.0. The fourth-order valence-electron chi connectivity index (χ4n) is 3.68. The zero-order valence-electron chi connectivity index (χ0n) is 16.2. The number of likely N-dealkylation sites (tertiary alicyclic amines) is 1. The van der Waals surface area contributed by atoms with Crippen molar-refractivity contribution in [2.75, 3.05) is 0 Å². The van der Waals surface area contributed by atoms with Crippen molar-refractivity contribution in [2.45, 2.75) is 57.7 Å². The smallest absolute Gasteiger partial charge is 0.411 e. The normalized spacial score (nSPS) is 19.7. The Morgan fingerprint density at radius 2 is 1.74 bits per heavy atom. The lowest BCUT2D eigenvalue weighted by Gasteiger charge is -2.33. The van der Waals surface area contributed by atoms with Crippen molar-refractivity contribution in [3.05, 3.63) is 71.3 Å². The second kappa shape index (κ2) is 7.95. The second-order valence-electron chi connectivity index (χ2n) is 8.11. The van der Waals surface area contributed by atoms with Gasteiger partial charge in [0.1, 0.15) is 11.9 Å². The number of hydrogen-bond acceptors (Lipinski definition) is 3. The molecule has 0 N–H and O–H groups in total. The molecule has 0 unspecified atom stereocenters. The van der Waals surface area contributed by atoms with Crippen LogP contribution in [0.1, 0.15) is 61.1 Å². The van der Waals surface area contributed by atoms with Crippen molar-refractivity contribution in [3.63, 3.8) is 0 Å². The Morgan fingerprint density at radius 3 is 2.33 bits per heavy atom. The van der Waals surface area contributed by atoms with E-state index in [9.17, 15) is 9.59 Å². The van der Waals surface area contributed by atoms with Gasteiger partial charge in [0.15, 0.2) is 0 Å². The molecule has 0 spiro atoms. The lowest BCUT2D eigenvalue weighted by Crippen LogP contribution is -2.42. The van der Waals surface area contributed by atoms with Crippen molar-refractivity contribution >= 4 is 12.4 Å². The van der Waals surface area contributed by atoms with Crippen molar-refractivity contribution in [1.82, 2.24) is 4.90 Å². The molecule has 0 radical (unpaired) electrons. The standard InChI is InChI=1S/C23H27NO3/c1-23(2,3)27-22(26)24-20(15-17-9-11-18(16-25)12-10-17)13-14-21(24)19-7-5-4-6-8-19/h4-12,16,20-21H,13-15H2,1-3H3/t20-,21+/m1/s1. The zero-order valence-corrected chi connectivity index (χ0v) is 16.2. The zero-order chi connectivity index (χ0) is 19.4. The highest BCUT2D eigenvalue weighted by atomic mass is 16.6. The van der Waals surface area contributed by atoms with Gasteiger partial charge in [-0.2, -0.15) is 0 Å². The van der Waals surface area contributed by atoms with Gasteiger partial charge in [-0.05, 0) is 51.2 Å². The lowest BCUT2D eigenvalue weighted by molar-refractivity contribution is 0.0144. The number of aldehydes is 1. The van der Waals surface area contributed by atoms with E-state index in [1.807, 2.05) is 68.1 Å². The van der Waals surface area contributed by atoms with Crippen LogP contribution in [-0.4, -0.2) is 28.9 Å². The summed E-state index contributed by atoms with van der Waals surface area (Å²) in [4.78, 5) is 25.8. The minimum Gasteiger partial charge on any atom is -0.444 e. The molecule has 2 aromatic rings. The van der Waals surface area contributed by atoms with E-state index in [1.165, 1.54) is 0 Å². The van der Waals surface area contributed by atoms with Gasteiger partial charge in [0.2, 0.25) is 0 Å². The van der Waals surface area contributed by atoms with E-state index in [-0.39, 0.29) is 18.2 Å². The third-order valence-corrected chi connectivity index (χ3v) is 4.88. The lowest BCUT2D eigenvalue weighted by atomic mass is 10.0. The van der Waals surface area contributed by atoms with E-state index in [0.717, 1.165) is 36.7 Å². The Kier molecular flexibility index (Phi) is 5.64. The molecule has 1 fully saturated rings. The first kappa shape index (κ1) is 19.2. The molecule has 0 bridgehead atoms. The summed E-state index contributed by atoms with van der Waals surface area (Å²) in [5.41, 5.74) is 2.39. The Balaban J connectivity index is 1.84. The van der Waals surface area contributed by atoms with Crippen LogP contribution in [0.5, 0.6) is 0 Å². The van der Waals surface area contributed by atoms with E-state index in [4.69, 9.17) is 4.74 Å². The highest BCUT2D eigenvalue weighted by Crippen LogP contribution is 2.38. The van der Waals surface area contributed by atoms with E-state index in [1.54, 1.807) is 0 Å². The van der Waals surface area contributed by atoms with Crippen molar-refractivity contribution in [3.8, 4) is 0 Å². The minimum atomic E-state index is -0.531. The molecular weight excluding hydrogens is 338 g/mol. The van der Waals surface area contributed by atoms with Crippen LogP contribution in [-0.2, 0) is 11.2 Å². The van der Waals surface area contributed by atoms with Gasteiger partial charge in [-0.15, -0.1) is 0 Å². The Hall–Kier alpha value is -2.62. The van der Waals surface area contributed by atoms with Crippen LogP contribution in [0.25, 0.3) is 0 Å². The summed E-state index contributed by atoms with van der Waals surface area (Å²) in [5, 5.41) is 0. The van der Waals surface area contributed by atoms with Crippen molar-refractivity contribution in [2.24, 2.45) is 0 Å². The maximum atomic E-state index is 13.0. The quantitative estimate of drug-likeness (QED) is 0.701. The summed E-state index contributed by atoms with van der Waals surface area (Å²) in [6, 6.07) is 17.8. The molecule has 1 heterocycles. The number of amides is 1. The number of benzene rings is 2. The largest absolute Gasteiger partial charge is 0.444 e. The topological polar surface area (TPSA) is 46.6 Å². The first-order valence-electron chi connectivity index (χ1n) is 9.48. The third kappa shape index (κ3) is 4.76. The Morgan fingerprint density at radius 1 is 1.07 bits per heavy atom. The number of carbonyl (C=O) groups excluding carboxylic acids is 2. The number of carbonyl (C=O) groups is 2. The molecule has 4 nitrogen and oxygen atoms in total. The van der Waals surface area contributed by atoms with Gasteiger partial charge in [-0.25, -0.2) is 4.79 Å². The molecule has 142 valence electrons. The fourth-order valence-corrected chi connectivity index (χ4v) is 3.68. The highest BCUT2D eigenvalue weighted by molar-refractivity contribution is 5.74. The van der Waals surface area contributed by atoms with Gasteiger partial charge in [0, 0.05) is 11.6 Å². The van der Waals surface area contributed by atoms with Crippen LogP contribution < -0.4 is 0 Å². The molecule has 1 amide bonds. The van der Waals surface area contributed by atoms with Gasteiger partial charge in [0.05, 0.1) is 6.04 Å². The summed E-state index contributed by atoms with van der Waals surface area (Å²) < 4.78 is 5.72. The number of hydrogen-bond donors (Lipinski definition) is 0. The first-order chi connectivity index (χ1) is 12.9. The molecule has 2 atom stereocenters. The van der Waals surface area contributed by atoms with Gasteiger partial charge in [-0.1, -0.05) is 54.6 Å². The third-order valence-electron chi connectivity index (χ3n) is 4.88. The van der Waals surface area contributed by atoms with Crippen LogP contribution in [0.3, 0.4) is 0 Å². The second-order valence-corrected chi connectivity index (χ2v) is 8.11. The molecule has 1 aliphatic heterocycles. The summed E-state index contributed by atoms with van der Waals surface area (Å²) in [6.07, 6.45) is 3.18. The molecule has 4 heteroatoms. The van der Waals surface area contributed by atoms with Gasteiger partial charge >= 0.3 is 6.09 Å². The number of rotatable bonds is 4. The average Bonchev–Trinajstić information content (AvgIpc) is 3.05. The molecule has 27 heavy (non-hydrogen) atoms. The summed E-state index contributed by atoms with van der Waals surface area (Å²) in [6.45, 7) is 5.68. The van der Waals surface area contributed by atoms with Gasteiger partial charge < -0.3 is 4.74 Å². The molecular formula is C23H27NO3. The van der Waals surface area contributed by atoms with Crippen molar-refractivity contribution < 1.29 is 14.3 Å². The van der Waals surface area contributed by atoms with Crippen LogP contribution >= 0.6 is 0 Å². The van der Waals surface area contributed by atoms with E-state index < -0.39 is 5.60 Å². The SMILES string of the molecule is CC(C)(C)OC(=O)N1[C@@H](Cc2ccc(C=O)cc2)CC[C@H]1c1ccccc1. The van der Waals surface area contributed by atoms with Crippen LogP contribution in [0.15, 0.2) is 54.6 Å². The van der Waals surface area contributed by atoms with Crippen LogP contribution in [0, 0.1) is 0 Å². The summed E-state index contributed by atoms with van der Waals surface area (Å²) >= 11 is 0. The molecule has 1 aliphatic rings. The summed E-state index contributed by atoms with van der Waals surface area (Å²) in [7, 11) is 0. The summed E-state index contributed by atoms with van der Waals surface area (Å²) in [5.74, 6) is 0. The number of ether oxygens (including phenoxy) is 1. The van der Waals surface area contributed by atoms with E-state index in [2.05, 4.69) is 12.1 Å². The molecule has 3 rings (SSSR count). The Bertz CT molecular complexity index is 778. The highest BCUT2D eigenvalue weighted by Gasteiger charge is 2.39. The predicted octanol–water partition coefficient (Wildman–Crippen LogP) is 5.18. The van der Waals surface area contributed by atoms with Gasteiger partial charge in [0.25, 0.3) is 0 Å². The molecule has 0 aliphatic carbocycles. The Labute approximate surface area is 161 Å². The first-order valence-corrected chi connectivity index (χ1v) is 9.48. The van der Waals surface area contributed by atoms with Gasteiger partial charge in [-0.3, -0.25) is 9.69 Å². The molecule has 0 aromatic heterocycles. The molecule has 2 aromatic carbocycles. The van der Waals surface area contributed by atoms with E-state index >= 15 is 0 Å². The molecule has 1 saturated heterocycles. The van der Waals surface area contributed by atoms with Crippen LogP contribution in [0.2, 0.25) is 0 Å². The minimum absolute atomic E-state index is 0.0281. The fraction of sp³-hybridized carbons (Fsp3) is 0.391. The monoisotopic (exact) mass is 365 g/mol.